The summed E-state index contributed by atoms with van der Waals surface area (Å²) in [5, 5.41) is 4.52. The van der Waals surface area contributed by atoms with E-state index in [0.29, 0.717) is 30.1 Å². The number of hydrogen-bond acceptors (Lipinski definition) is 4. The monoisotopic (exact) mass is 368 g/mol. The molecule has 0 bridgehead atoms. The van der Waals surface area contributed by atoms with Crippen LogP contribution in [0.3, 0.4) is 0 Å². The fourth-order valence-electron chi connectivity index (χ4n) is 2.69. The number of thiophene rings is 1. The molecule has 3 rings (SSSR count). The zero-order valence-electron chi connectivity index (χ0n) is 12.8. The molecule has 2 aromatic rings. The van der Waals surface area contributed by atoms with Crippen molar-refractivity contribution in [2.75, 3.05) is 13.1 Å². The van der Waals surface area contributed by atoms with Crippen molar-refractivity contribution in [1.29, 1.82) is 0 Å². The van der Waals surface area contributed by atoms with Crippen molar-refractivity contribution in [2.24, 2.45) is 0 Å². The molecule has 1 aliphatic heterocycles. The molecule has 5 nitrogen and oxygen atoms in total. The summed E-state index contributed by atoms with van der Waals surface area (Å²) in [4.78, 5) is 12.1. The number of carbonyl (C=O) groups excluding carboxylic acids is 1. The largest absolute Gasteiger partial charge is 0.349 e. The Balaban J connectivity index is 1.60. The topological polar surface area (TPSA) is 66.5 Å². The van der Waals surface area contributed by atoms with E-state index >= 15 is 0 Å². The minimum absolute atomic E-state index is 0.00568. The van der Waals surface area contributed by atoms with Crippen molar-refractivity contribution in [3.05, 3.63) is 53.2 Å². The Kier molecular flexibility index (Phi) is 4.98. The van der Waals surface area contributed by atoms with E-state index in [9.17, 15) is 17.6 Å². The number of carbonyl (C=O) groups is 1. The first-order valence-electron chi connectivity index (χ1n) is 7.57. The molecule has 0 unspecified atom stereocenters. The van der Waals surface area contributed by atoms with Crippen LogP contribution in [-0.4, -0.2) is 37.8 Å². The zero-order chi connectivity index (χ0) is 17.2. The number of halogens is 1. The van der Waals surface area contributed by atoms with Crippen LogP contribution >= 0.6 is 11.3 Å². The Bertz CT molecular complexity index is 814. The number of rotatable bonds is 4. The first-order chi connectivity index (χ1) is 11.5. The van der Waals surface area contributed by atoms with Crippen LogP contribution in [0.25, 0.3) is 0 Å². The van der Waals surface area contributed by atoms with Gasteiger partial charge in [0.2, 0.25) is 0 Å². The van der Waals surface area contributed by atoms with Gasteiger partial charge in [0.05, 0.1) is 5.56 Å². The van der Waals surface area contributed by atoms with E-state index in [1.54, 1.807) is 23.6 Å². The molecule has 0 aliphatic carbocycles. The van der Waals surface area contributed by atoms with E-state index in [1.807, 2.05) is 0 Å². The van der Waals surface area contributed by atoms with E-state index in [0.717, 1.165) is 0 Å². The summed E-state index contributed by atoms with van der Waals surface area (Å²) in [5.41, 5.74) is 0.00568. The number of hydrogen-bond donors (Lipinski definition) is 1. The Morgan fingerprint density at radius 3 is 2.50 bits per heavy atom. The van der Waals surface area contributed by atoms with Gasteiger partial charge in [0.15, 0.2) is 0 Å². The van der Waals surface area contributed by atoms with Gasteiger partial charge in [-0.2, -0.15) is 4.31 Å². The van der Waals surface area contributed by atoms with Crippen molar-refractivity contribution in [3.8, 4) is 0 Å². The number of piperidine rings is 1. The van der Waals surface area contributed by atoms with Crippen LogP contribution < -0.4 is 5.32 Å². The summed E-state index contributed by atoms with van der Waals surface area (Å²) < 4.78 is 40.3. The van der Waals surface area contributed by atoms with Gasteiger partial charge in [0, 0.05) is 19.1 Å². The van der Waals surface area contributed by atoms with Gasteiger partial charge in [-0.3, -0.25) is 4.79 Å². The summed E-state index contributed by atoms with van der Waals surface area (Å²) in [6.45, 7) is 0.672. The minimum Gasteiger partial charge on any atom is -0.349 e. The average Bonchev–Trinajstić information content (AvgIpc) is 3.11. The van der Waals surface area contributed by atoms with Gasteiger partial charge in [0.1, 0.15) is 10.0 Å². The molecule has 0 atom stereocenters. The number of nitrogens with one attached hydrogen (secondary N) is 1. The average molecular weight is 368 g/mol. The lowest BCUT2D eigenvalue weighted by Gasteiger charge is -2.31. The molecule has 1 saturated heterocycles. The Labute approximate surface area is 144 Å². The molecule has 1 aromatic heterocycles. The highest BCUT2D eigenvalue weighted by molar-refractivity contribution is 7.91. The molecule has 1 amide bonds. The van der Waals surface area contributed by atoms with Crippen molar-refractivity contribution in [3.63, 3.8) is 0 Å². The third-order valence-corrected chi connectivity index (χ3v) is 7.27. The second-order valence-electron chi connectivity index (χ2n) is 5.56. The fourth-order valence-corrected chi connectivity index (χ4v) is 5.30. The van der Waals surface area contributed by atoms with Crippen LogP contribution in [0, 0.1) is 5.82 Å². The fraction of sp³-hybridized carbons (Fsp3) is 0.312. The van der Waals surface area contributed by atoms with E-state index in [2.05, 4.69) is 5.32 Å². The van der Waals surface area contributed by atoms with Crippen LogP contribution in [0.4, 0.5) is 4.39 Å². The summed E-state index contributed by atoms with van der Waals surface area (Å²) in [7, 11) is -3.45. The lowest BCUT2D eigenvalue weighted by Crippen LogP contribution is -2.46. The molecule has 0 spiro atoms. The summed E-state index contributed by atoms with van der Waals surface area (Å²) >= 11 is 1.19. The van der Waals surface area contributed by atoms with Crippen LogP contribution in [0.5, 0.6) is 0 Å². The predicted octanol–water partition coefficient (Wildman–Crippen LogP) is 2.47. The van der Waals surface area contributed by atoms with Crippen LogP contribution in [-0.2, 0) is 10.0 Å². The van der Waals surface area contributed by atoms with E-state index in [-0.39, 0.29) is 11.6 Å². The highest BCUT2D eigenvalue weighted by Crippen LogP contribution is 2.24. The summed E-state index contributed by atoms with van der Waals surface area (Å²) in [5.74, 6) is -1.03. The maximum absolute atomic E-state index is 13.6. The van der Waals surface area contributed by atoms with Gasteiger partial charge >= 0.3 is 0 Å². The Morgan fingerprint density at radius 2 is 1.88 bits per heavy atom. The molecule has 24 heavy (non-hydrogen) atoms. The smallest absolute Gasteiger partial charge is 0.254 e. The van der Waals surface area contributed by atoms with E-state index in [4.69, 9.17) is 0 Å². The van der Waals surface area contributed by atoms with Crippen molar-refractivity contribution < 1.29 is 17.6 Å². The Hall–Kier alpha value is -1.77. The third kappa shape index (κ3) is 3.50. The van der Waals surface area contributed by atoms with Gasteiger partial charge < -0.3 is 5.32 Å². The first kappa shape index (κ1) is 17.1. The molecule has 1 aliphatic rings. The maximum atomic E-state index is 13.6. The van der Waals surface area contributed by atoms with E-state index < -0.39 is 21.7 Å². The normalized spacial score (nSPS) is 16.9. The molecular weight excluding hydrogens is 351 g/mol. The SMILES string of the molecule is O=C(NC1CCN(S(=O)(=O)c2cccs2)CC1)c1ccccc1F. The standard InChI is InChI=1S/C16H17FN2O3S2/c17-14-5-2-1-4-13(14)16(20)18-12-7-9-19(10-8-12)24(21,22)15-6-3-11-23-15/h1-6,11-12H,7-10H2,(H,18,20). The second-order valence-corrected chi connectivity index (χ2v) is 8.68. The number of nitrogens with zero attached hydrogens (tertiary/aromatic N) is 1. The van der Waals surface area contributed by atoms with Crippen molar-refractivity contribution in [2.45, 2.75) is 23.1 Å². The number of benzene rings is 1. The van der Waals surface area contributed by atoms with Crippen molar-refractivity contribution >= 4 is 27.3 Å². The number of amides is 1. The lowest BCUT2D eigenvalue weighted by atomic mass is 10.1. The molecule has 1 aromatic carbocycles. The van der Waals surface area contributed by atoms with Gasteiger partial charge in [-0.05, 0) is 36.4 Å². The second kappa shape index (κ2) is 7.00. The quantitative estimate of drug-likeness (QED) is 0.902. The molecule has 1 fully saturated rings. The Morgan fingerprint density at radius 1 is 1.17 bits per heavy atom. The minimum atomic E-state index is -3.45. The van der Waals surface area contributed by atoms with Gasteiger partial charge in [-0.25, -0.2) is 12.8 Å². The van der Waals surface area contributed by atoms with Crippen molar-refractivity contribution in [1.82, 2.24) is 9.62 Å². The van der Waals surface area contributed by atoms with Gasteiger partial charge in [0.25, 0.3) is 15.9 Å². The first-order valence-corrected chi connectivity index (χ1v) is 9.89. The molecule has 1 N–H and O–H groups in total. The molecule has 0 radical (unpaired) electrons. The molecule has 128 valence electrons. The summed E-state index contributed by atoms with van der Waals surface area (Å²) in [6.07, 6.45) is 1.01. The zero-order valence-corrected chi connectivity index (χ0v) is 14.4. The maximum Gasteiger partial charge on any atom is 0.254 e. The van der Waals surface area contributed by atoms with Crippen LogP contribution in [0.2, 0.25) is 0 Å². The third-order valence-electron chi connectivity index (χ3n) is 4.00. The van der Waals surface area contributed by atoms with Gasteiger partial charge in [-0.1, -0.05) is 18.2 Å². The predicted molar refractivity (Wildman–Crippen MR) is 90.0 cm³/mol. The highest BCUT2D eigenvalue weighted by Gasteiger charge is 2.30. The number of sulfonamides is 1. The van der Waals surface area contributed by atoms with Crippen LogP contribution in [0.15, 0.2) is 46.0 Å². The summed E-state index contributed by atoms with van der Waals surface area (Å²) in [6, 6.07) is 8.94. The molecule has 0 saturated carbocycles. The van der Waals surface area contributed by atoms with Gasteiger partial charge in [-0.15, -0.1) is 11.3 Å². The molecular formula is C16H17FN2O3S2. The molecule has 8 heteroatoms. The lowest BCUT2D eigenvalue weighted by molar-refractivity contribution is 0.0920. The van der Waals surface area contributed by atoms with Crippen LogP contribution in [0.1, 0.15) is 23.2 Å². The molecule has 2 heterocycles. The highest BCUT2D eigenvalue weighted by atomic mass is 32.2. The van der Waals surface area contributed by atoms with E-state index in [1.165, 1.54) is 33.8 Å².